The Morgan fingerprint density at radius 1 is 1.05 bits per heavy atom. The molecular formula is C17H21ClO. The number of rotatable bonds is 4. The molecule has 1 atom stereocenters. The van der Waals surface area contributed by atoms with Crippen LogP contribution in [-0.4, -0.2) is 0 Å². The van der Waals surface area contributed by atoms with Gasteiger partial charge < -0.3 is 4.42 Å². The lowest BCUT2D eigenvalue weighted by Gasteiger charge is -2.11. The van der Waals surface area contributed by atoms with Crippen LogP contribution in [0.2, 0.25) is 0 Å². The summed E-state index contributed by atoms with van der Waals surface area (Å²) >= 11 is 6.62. The van der Waals surface area contributed by atoms with Crippen LogP contribution >= 0.6 is 11.6 Å². The van der Waals surface area contributed by atoms with E-state index in [0.717, 1.165) is 34.6 Å². The van der Waals surface area contributed by atoms with Crippen molar-refractivity contribution in [1.29, 1.82) is 0 Å². The molecule has 0 saturated heterocycles. The molecule has 102 valence electrons. The molecule has 2 aromatic rings. The SMILES string of the molecule is CCCc1ccc(C(Cl)c2c(C)oc(C)c2C)cc1. The molecule has 0 amide bonds. The first kappa shape index (κ1) is 14.2. The van der Waals surface area contributed by atoms with Gasteiger partial charge in [-0.1, -0.05) is 37.6 Å². The Morgan fingerprint density at radius 3 is 2.16 bits per heavy atom. The molecule has 2 rings (SSSR count). The van der Waals surface area contributed by atoms with Crippen molar-refractivity contribution in [3.8, 4) is 0 Å². The molecule has 1 unspecified atom stereocenters. The van der Waals surface area contributed by atoms with Crippen molar-refractivity contribution in [2.24, 2.45) is 0 Å². The summed E-state index contributed by atoms with van der Waals surface area (Å²) in [7, 11) is 0. The molecule has 2 heteroatoms. The second-order valence-electron chi connectivity index (χ2n) is 5.11. The molecule has 0 bridgehead atoms. The molecule has 19 heavy (non-hydrogen) atoms. The Kier molecular flexibility index (Phi) is 4.36. The lowest BCUT2D eigenvalue weighted by Crippen LogP contribution is -1.96. The standard InChI is InChI=1S/C17H21ClO/c1-5-6-14-7-9-15(10-8-14)17(18)16-11(2)12(3)19-13(16)4/h7-10,17H,5-6H2,1-4H3. The average molecular weight is 277 g/mol. The van der Waals surface area contributed by atoms with E-state index < -0.39 is 0 Å². The fourth-order valence-corrected chi connectivity index (χ4v) is 2.95. The molecular weight excluding hydrogens is 256 g/mol. The van der Waals surface area contributed by atoms with E-state index in [-0.39, 0.29) is 5.38 Å². The Balaban J connectivity index is 2.30. The molecule has 0 saturated carbocycles. The van der Waals surface area contributed by atoms with E-state index in [2.05, 4.69) is 38.1 Å². The Morgan fingerprint density at radius 2 is 1.68 bits per heavy atom. The number of hydrogen-bond acceptors (Lipinski definition) is 1. The van der Waals surface area contributed by atoms with Crippen molar-refractivity contribution in [2.75, 3.05) is 0 Å². The first-order valence-electron chi connectivity index (χ1n) is 6.84. The molecule has 1 heterocycles. The maximum Gasteiger partial charge on any atom is 0.106 e. The summed E-state index contributed by atoms with van der Waals surface area (Å²) in [6.45, 7) is 8.23. The summed E-state index contributed by atoms with van der Waals surface area (Å²) < 4.78 is 5.67. The minimum Gasteiger partial charge on any atom is -0.466 e. The first-order chi connectivity index (χ1) is 9.04. The van der Waals surface area contributed by atoms with E-state index in [1.54, 1.807) is 0 Å². The van der Waals surface area contributed by atoms with Crippen LogP contribution in [0.15, 0.2) is 28.7 Å². The van der Waals surface area contributed by atoms with Gasteiger partial charge in [0.2, 0.25) is 0 Å². The highest BCUT2D eigenvalue weighted by Crippen LogP contribution is 2.36. The molecule has 1 aromatic carbocycles. The summed E-state index contributed by atoms with van der Waals surface area (Å²) in [5, 5.41) is -0.131. The van der Waals surface area contributed by atoms with Gasteiger partial charge in [-0.25, -0.2) is 0 Å². The maximum atomic E-state index is 6.62. The van der Waals surface area contributed by atoms with Crippen LogP contribution in [0.5, 0.6) is 0 Å². The first-order valence-corrected chi connectivity index (χ1v) is 7.27. The molecule has 0 radical (unpaired) electrons. The summed E-state index contributed by atoms with van der Waals surface area (Å²) in [6.07, 6.45) is 2.29. The zero-order chi connectivity index (χ0) is 14.0. The number of aryl methyl sites for hydroxylation is 3. The summed E-state index contributed by atoms with van der Waals surface area (Å²) in [6, 6.07) is 8.60. The topological polar surface area (TPSA) is 13.1 Å². The third-order valence-electron chi connectivity index (χ3n) is 3.68. The third-order valence-corrected chi connectivity index (χ3v) is 4.15. The Labute approximate surface area is 120 Å². The monoisotopic (exact) mass is 276 g/mol. The van der Waals surface area contributed by atoms with Crippen LogP contribution < -0.4 is 0 Å². The van der Waals surface area contributed by atoms with E-state index in [1.807, 2.05) is 13.8 Å². The average Bonchev–Trinajstić information content (AvgIpc) is 2.64. The van der Waals surface area contributed by atoms with E-state index in [0.29, 0.717) is 0 Å². The largest absolute Gasteiger partial charge is 0.466 e. The van der Waals surface area contributed by atoms with Gasteiger partial charge in [0, 0.05) is 5.56 Å². The maximum absolute atomic E-state index is 6.62. The number of furan rings is 1. The highest BCUT2D eigenvalue weighted by atomic mass is 35.5. The second kappa shape index (κ2) is 5.83. The van der Waals surface area contributed by atoms with Crippen LogP contribution in [0.1, 0.15) is 52.5 Å². The van der Waals surface area contributed by atoms with Gasteiger partial charge in [0.05, 0.1) is 5.38 Å². The number of benzene rings is 1. The van der Waals surface area contributed by atoms with E-state index in [1.165, 1.54) is 12.0 Å². The van der Waals surface area contributed by atoms with Gasteiger partial charge >= 0.3 is 0 Å². The molecule has 1 aromatic heterocycles. The van der Waals surface area contributed by atoms with Crippen molar-refractivity contribution in [3.05, 3.63) is 58.0 Å². The van der Waals surface area contributed by atoms with Gasteiger partial charge in [-0.2, -0.15) is 0 Å². The van der Waals surface area contributed by atoms with Crippen LogP contribution in [0, 0.1) is 20.8 Å². The van der Waals surface area contributed by atoms with Crippen molar-refractivity contribution in [2.45, 2.75) is 45.9 Å². The minimum atomic E-state index is -0.131. The molecule has 1 nitrogen and oxygen atoms in total. The zero-order valence-electron chi connectivity index (χ0n) is 12.1. The summed E-state index contributed by atoms with van der Waals surface area (Å²) in [5.41, 5.74) is 4.78. The molecule has 0 N–H and O–H groups in total. The zero-order valence-corrected chi connectivity index (χ0v) is 12.8. The smallest absolute Gasteiger partial charge is 0.106 e. The van der Waals surface area contributed by atoms with E-state index in [9.17, 15) is 0 Å². The van der Waals surface area contributed by atoms with Gasteiger partial charge in [-0.05, 0) is 43.9 Å². The molecule has 0 fully saturated rings. The van der Waals surface area contributed by atoms with Gasteiger partial charge in [0.25, 0.3) is 0 Å². The predicted molar refractivity (Wildman–Crippen MR) is 81.1 cm³/mol. The molecule has 0 aliphatic carbocycles. The van der Waals surface area contributed by atoms with Crippen LogP contribution in [0.3, 0.4) is 0 Å². The Bertz CT molecular complexity index is 551. The normalized spacial score (nSPS) is 12.7. The third kappa shape index (κ3) is 2.87. The highest BCUT2D eigenvalue weighted by molar-refractivity contribution is 6.22. The molecule has 0 aliphatic heterocycles. The summed E-state index contributed by atoms with van der Waals surface area (Å²) in [4.78, 5) is 0. The number of alkyl halides is 1. The quantitative estimate of drug-likeness (QED) is 0.674. The van der Waals surface area contributed by atoms with Gasteiger partial charge in [0.15, 0.2) is 0 Å². The summed E-state index contributed by atoms with van der Waals surface area (Å²) in [5.74, 6) is 1.88. The van der Waals surface area contributed by atoms with Crippen molar-refractivity contribution in [3.63, 3.8) is 0 Å². The van der Waals surface area contributed by atoms with Crippen LogP contribution in [-0.2, 0) is 6.42 Å². The Hall–Kier alpha value is -1.21. The van der Waals surface area contributed by atoms with Crippen molar-refractivity contribution < 1.29 is 4.42 Å². The molecule has 0 aliphatic rings. The van der Waals surface area contributed by atoms with E-state index >= 15 is 0 Å². The van der Waals surface area contributed by atoms with Crippen molar-refractivity contribution >= 4 is 11.6 Å². The second-order valence-corrected chi connectivity index (χ2v) is 5.54. The number of halogens is 1. The van der Waals surface area contributed by atoms with Crippen molar-refractivity contribution in [1.82, 2.24) is 0 Å². The lowest BCUT2D eigenvalue weighted by atomic mass is 9.99. The van der Waals surface area contributed by atoms with Crippen LogP contribution in [0.4, 0.5) is 0 Å². The minimum absolute atomic E-state index is 0.131. The van der Waals surface area contributed by atoms with Gasteiger partial charge in [-0.15, -0.1) is 11.6 Å². The van der Waals surface area contributed by atoms with Gasteiger partial charge in [-0.3, -0.25) is 0 Å². The highest BCUT2D eigenvalue weighted by Gasteiger charge is 2.20. The fraction of sp³-hybridized carbons (Fsp3) is 0.412. The lowest BCUT2D eigenvalue weighted by molar-refractivity contribution is 0.500. The molecule has 0 spiro atoms. The fourth-order valence-electron chi connectivity index (χ4n) is 2.49. The predicted octanol–water partition coefficient (Wildman–Crippen LogP) is 5.49. The number of hydrogen-bond donors (Lipinski definition) is 0. The van der Waals surface area contributed by atoms with Crippen LogP contribution in [0.25, 0.3) is 0 Å². The van der Waals surface area contributed by atoms with Gasteiger partial charge in [0.1, 0.15) is 11.5 Å². The van der Waals surface area contributed by atoms with E-state index in [4.69, 9.17) is 16.0 Å².